The number of nitrogens with two attached hydrogens (primary N) is 1. The Morgan fingerprint density at radius 3 is 2.59 bits per heavy atom. The van der Waals surface area contributed by atoms with Crippen LogP contribution in [0.5, 0.6) is 0 Å². The minimum Gasteiger partial charge on any atom is -0.398 e. The van der Waals surface area contributed by atoms with E-state index < -0.39 is 0 Å². The van der Waals surface area contributed by atoms with Crippen LogP contribution in [0.3, 0.4) is 0 Å². The lowest BCUT2D eigenvalue weighted by Crippen LogP contribution is -2.30. The van der Waals surface area contributed by atoms with Gasteiger partial charge in [-0.05, 0) is 53.8 Å². The lowest BCUT2D eigenvalue weighted by atomic mass is 10.0. The predicted octanol–water partition coefficient (Wildman–Crippen LogP) is 3.83. The van der Waals surface area contributed by atoms with Gasteiger partial charge in [0.05, 0.1) is 17.8 Å². The van der Waals surface area contributed by atoms with E-state index in [0.717, 1.165) is 29.7 Å². The molecule has 4 N–H and O–H groups in total. The van der Waals surface area contributed by atoms with Crippen LogP contribution in [0.15, 0.2) is 60.9 Å². The van der Waals surface area contributed by atoms with Gasteiger partial charge in [-0.1, -0.05) is 35.9 Å². The smallest absolute Gasteiger partial charge is 0.253 e. The number of likely N-dealkylation sites (tertiary alicyclic amines) is 1. The van der Waals surface area contributed by atoms with Crippen molar-refractivity contribution in [2.75, 3.05) is 18.8 Å². The number of carbonyl (C=O) groups is 2. The summed E-state index contributed by atoms with van der Waals surface area (Å²) >= 11 is 5.99. The zero-order chi connectivity index (χ0) is 24.1. The maximum Gasteiger partial charge on any atom is 0.253 e. The van der Waals surface area contributed by atoms with Crippen molar-refractivity contribution in [3.05, 3.63) is 93.8 Å². The topological polar surface area (TPSA) is 112 Å². The Balaban J connectivity index is 1.35. The maximum atomic E-state index is 12.6. The second-order valence-electron chi connectivity index (χ2n) is 8.39. The van der Waals surface area contributed by atoms with Crippen molar-refractivity contribution in [3.63, 3.8) is 0 Å². The number of amides is 2. The highest BCUT2D eigenvalue weighted by Gasteiger charge is 2.19. The van der Waals surface area contributed by atoms with Gasteiger partial charge in [0.2, 0.25) is 5.91 Å². The van der Waals surface area contributed by atoms with Gasteiger partial charge in [0, 0.05) is 48.2 Å². The lowest BCUT2D eigenvalue weighted by molar-refractivity contribution is -0.128. The Morgan fingerprint density at radius 2 is 1.85 bits per heavy atom. The summed E-state index contributed by atoms with van der Waals surface area (Å²) in [6, 6.07) is 14.9. The quantitative estimate of drug-likeness (QED) is 0.339. The van der Waals surface area contributed by atoms with E-state index in [1.54, 1.807) is 30.5 Å². The number of carbonyl (C=O) groups excluding carboxylic acids is 2. The summed E-state index contributed by atoms with van der Waals surface area (Å²) in [5, 5.41) is 11.4. The molecule has 2 amide bonds. The van der Waals surface area contributed by atoms with Crippen molar-refractivity contribution in [1.82, 2.24) is 15.2 Å². The molecule has 3 aromatic rings. The minimum atomic E-state index is -0.315. The van der Waals surface area contributed by atoms with Gasteiger partial charge in [-0.15, -0.1) is 0 Å². The summed E-state index contributed by atoms with van der Waals surface area (Å²) in [7, 11) is 0. The average Bonchev–Trinajstić information content (AvgIpc) is 3.24. The fourth-order valence-electron chi connectivity index (χ4n) is 3.95. The third kappa shape index (κ3) is 5.80. The number of benzene rings is 2. The summed E-state index contributed by atoms with van der Waals surface area (Å²) in [6.07, 6.45) is 5.45. The first-order chi connectivity index (χ1) is 16.4. The molecular formula is C26H26ClN5O2. The summed E-state index contributed by atoms with van der Waals surface area (Å²) in [5.41, 5.74) is 10.6. The van der Waals surface area contributed by atoms with Crippen LogP contribution in [0.4, 0.5) is 5.69 Å². The fraction of sp³-hybridized carbons (Fsp3) is 0.231. The summed E-state index contributed by atoms with van der Waals surface area (Å²) in [6.45, 7) is 1.49. The standard InChI is InChI=1S/C26H26ClN5O2/c27-21-7-8-23(28)22(12-21)24(29)15-31-26(34)20-11-19(13-30-14-20)10-17-3-5-18(6-4-17)16-32-9-1-2-25(32)33/h3-8,11-14,29H,1-2,9-10,15-16,28H2,(H,31,34). The molecule has 1 saturated heterocycles. The molecule has 2 aromatic carbocycles. The van der Waals surface area contributed by atoms with Crippen molar-refractivity contribution in [2.24, 2.45) is 0 Å². The Hall–Kier alpha value is -3.71. The largest absolute Gasteiger partial charge is 0.398 e. The monoisotopic (exact) mass is 475 g/mol. The van der Waals surface area contributed by atoms with Gasteiger partial charge in [-0.25, -0.2) is 0 Å². The fourth-order valence-corrected chi connectivity index (χ4v) is 4.13. The first-order valence-electron chi connectivity index (χ1n) is 11.1. The number of nitrogens with zero attached hydrogens (tertiary/aromatic N) is 2. The zero-order valence-electron chi connectivity index (χ0n) is 18.7. The Bertz CT molecular complexity index is 1230. The molecule has 0 saturated carbocycles. The Labute approximate surface area is 203 Å². The van der Waals surface area contributed by atoms with E-state index in [1.807, 2.05) is 29.2 Å². The first kappa shape index (κ1) is 23.4. The molecule has 1 aromatic heterocycles. The first-order valence-corrected chi connectivity index (χ1v) is 11.5. The molecule has 8 heteroatoms. The van der Waals surface area contributed by atoms with E-state index >= 15 is 0 Å². The van der Waals surface area contributed by atoms with Gasteiger partial charge in [0.1, 0.15) is 0 Å². The summed E-state index contributed by atoms with van der Waals surface area (Å²) in [4.78, 5) is 30.6. The molecule has 0 spiro atoms. The van der Waals surface area contributed by atoms with Gasteiger partial charge < -0.3 is 21.4 Å². The molecule has 4 rings (SSSR count). The number of halogens is 1. The van der Waals surface area contributed by atoms with Crippen LogP contribution in [0.1, 0.15) is 45.5 Å². The Morgan fingerprint density at radius 1 is 1.09 bits per heavy atom. The molecule has 0 atom stereocenters. The van der Waals surface area contributed by atoms with E-state index in [1.165, 1.54) is 6.20 Å². The van der Waals surface area contributed by atoms with Crippen molar-refractivity contribution in [3.8, 4) is 0 Å². The van der Waals surface area contributed by atoms with Crippen LogP contribution in [0.25, 0.3) is 0 Å². The number of hydrogen-bond donors (Lipinski definition) is 3. The minimum absolute atomic E-state index is 0.0224. The number of pyridine rings is 1. The van der Waals surface area contributed by atoms with Crippen LogP contribution in [0, 0.1) is 5.41 Å². The second-order valence-corrected chi connectivity index (χ2v) is 8.82. The van der Waals surface area contributed by atoms with Crippen LogP contribution in [0.2, 0.25) is 5.02 Å². The van der Waals surface area contributed by atoms with E-state index in [9.17, 15) is 9.59 Å². The van der Waals surface area contributed by atoms with E-state index in [-0.39, 0.29) is 24.1 Å². The highest BCUT2D eigenvalue weighted by molar-refractivity contribution is 6.31. The molecule has 0 unspecified atom stereocenters. The number of aromatic nitrogens is 1. The normalized spacial score (nSPS) is 13.2. The molecule has 7 nitrogen and oxygen atoms in total. The SMILES string of the molecule is N=C(CNC(=O)c1cncc(Cc2ccc(CN3CCCC3=O)cc2)c1)c1cc(Cl)ccc1N. The van der Waals surface area contributed by atoms with Gasteiger partial charge >= 0.3 is 0 Å². The van der Waals surface area contributed by atoms with Gasteiger partial charge in [-0.2, -0.15) is 0 Å². The van der Waals surface area contributed by atoms with Crippen molar-refractivity contribution < 1.29 is 9.59 Å². The number of nitrogens with one attached hydrogen (secondary N) is 2. The lowest BCUT2D eigenvalue weighted by Gasteiger charge is -2.15. The molecule has 0 bridgehead atoms. The van der Waals surface area contributed by atoms with Crippen molar-refractivity contribution in [1.29, 1.82) is 5.41 Å². The molecule has 2 heterocycles. The second kappa shape index (κ2) is 10.5. The zero-order valence-corrected chi connectivity index (χ0v) is 19.4. The number of rotatable bonds is 8. The van der Waals surface area contributed by atoms with Gasteiger partial charge in [0.15, 0.2) is 0 Å². The number of anilines is 1. The van der Waals surface area contributed by atoms with Gasteiger partial charge in [-0.3, -0.25) is 14.6 Å². The molecule has 34 heavy (non-hydrogen) atoms. The molecule has 0 aliphatic carbocycles. The summed E-state index contributed by atoms with van der Waals surface area (Å²) < 4.78 is 0. The van der Waals surface area contributed by atoms with Crippen LogP contribution in [-0.4, -0.2) is 40.5 Å². The van der Waals surface area contributed by atoms with Crippen molar-refractivity contribution in [2.45, 2.75) is 25.8 Å². The van der Waals surface area contributed by atoms with E-state index in [4.69, 9.17) is 22.7 Å². The van der Waals surface area contributed by atoms with Crippen molar-refractivity contribution >= 4 is 34.8 Å². The molecule has 1 aliphatic rings. The number of nitrogen functional groups attached to an aromatic ring is 1. The summed E-state index contributed by atoms with van der Waals surface area (Å²) in [5.74, 6) is -0.0956. The Kier molecular flexibility index (Phi) is 7.23. The number of hydrogen-bond acceptors (Lipinski definition) is 5. The van der Waals surface area contributed by atoms with E-state index in [0.29, 0.717) is 41.2 Å². The molecule has 1 fully saturated rings. The molecule has 174 valence electrons. The third-order valence-corrected chi connectivity index (χ3v) is 6.03. The van der Waals surface area contributed by atoms with E-state index in [2.05, 4.69) is 10.3 Å². The average molecular weight is 476 g/mol. The van der Waals surface area contributed by atoms with Gasteiger partial charge in [0.25, 0.3) is 5.91 Å². The maximum absolute atomic E-state index is 12.6. The highest BCUT2D eigenvalue weighted by atomic mass is 35.5. The van der Waals surface area contributed by atoms with Crippen LogP contribution < -0.4 is 11.1 Å². The predicted molar refractivity (Wildman–Crippen MR) is 133 cm³/mol. The molecule has 0 radical (unpaired) electrons. The molecular weight excluding hydrogens is 450 g/mol. The third-order valence-electron chi connectivity index (χ3n) is 5.80. The highest BCUT2D eigenvalue weighted by Crippen LogP contribution is 2.19. The van der Waals surface area contributed by atoms with Crippen LogP contribution >= 0.6 is 11.6 Å². The van der Waals surface area contributed by atoms with Crippen LogP contribution in [-0.2, 0) is 17.8 Å². The molecule has 1 aliphatic heterocycles.